The van der Waals surface area contributed by atoms with Crippen molar-refractivity contribution in [3.63, 3.8) is 0 Å². The second-order valence-corrected chi connectivity index (χ2v) is 3.87. The Morgan fingerprint density at radius 2 is 2.00 bits per heavy atom. The quantitative estimate of drug-likeness (QED) is 0.551. The van der Waals surface area contributed by atoms with Crippen molar-refractivity contribution in [1.29, 1.82) is 0 Å². The molecule has 0 aromatic carbocycles. The average Bonchev–Trinajstić information content (AvgIpc) is 2.16. The van der Waals surface area contributed by atoms with Gasteiger partial charge in [0, 0.05) is 6.54 Å². The first-order valence-corrected chi connectivity index (χ1v) is 5.75. The van der Waals surface area contributed by atoms with Crippen LogP contribution in [0.25, 0.3) is 0 Å². The maximum atomic E-state index is 12.3. The Morgan fingerprint density at radius 3 is 2.47 bits per heavy atom. The maximum Gasteiger partial charge on any atom is 0.383 e. The highest BCUT2D eigenvalue weighted by molar-refractivity contribution is 7.98. The molecule has 0 saturated heterocycles. The van der Waals surface area contributed by atoms with Crippen molar-refractivity contribution in [2.45, 2.75) is 25.2 Å². The number of carbonyl (C=O) groups excluding carboxylic acids is 1. The Bertz CT molecular complexity index is 201. The maximum absolute atomic E-state index is 12.3. The van der Waals surface area contributed by atoms with Gasteiger partial charge in [0.15, 0.2) is 0 Å². The zero-order valence-corrected chi connectivity index (χ0v) is 9.05. The Morgan fingerprint density at radius 1 is 1.40 bits per heavy atom. The van der Waals surface area contributed by atoms with Gasteiger partial charge in [-0.15, -0.1) is 0 Å². The van der Waals surface area contributed by atoms with Gasteiger partial charge in [-0.2, -0.15) is 20.5 Å². The van der Waals surface area contributed by atoms with E-state index in [-0.39, 0.29) is 6.54 Å². The fourth-order valence-electron chi connectivity index (χ4n) is 0.790. The summed E-state index contributed by atoms with van der Waals surface area (Å²) in [5.74, 6) is -5.64. The first-order valence-electron chi connectivity index (χ1n) is 4.36. The number of halogens is 4. The number of hydrogen-bond donors (Lipinski definition) is 1. The predicted molar refractivity (Wildman–Crippen MR) is 51.6 cm³/mol. The summed E-state index contributed by atoms with van der Waals surface area (Å²) in [5.41, 5.74) is 0. The van der Waals surface area contributed by atoms with E-state index in [0.29, 0.717) is 6.42 Å². The van der Waals surface area contributed by atoms with E-state index in [1.807, 2.05) is 6.26 Å². The number of carbonyl (C=O) groups is 1. The molecule has 1 N–H and O–H groups in total. The van der Waals surface area contributed by atoms with Crippen molar-refractivity contribution in [2.24, 2.45) is 0 Å². The number of amides is 1. The molecule has 0 aromatic rings. The lowest BCUT2D eigenvalue weighted by Gasteiger charge is -2.14. The Hall–Kier alpha value is -0.460. The van der Waals surface area contributed by atoms with Crippen LogP contribution < -0.4 is 5.32 Å². The van der Waals surface area contributed by atoms with Gasteiger partial charge in [-0.05, 0) is 24.9 Å². The minimum atomic E-state index is -4.58. The minimum Gasteiger partial charge on any atom is -0.351 e. The molecule has 0 heterocycles. The molecule has 0 aromatic heterocycles. The lowest BCUT2D eigenvalue weighted by atomic mass is 10.3. The van der Waals surface area contributed by atoms with Crippen LogP contribution in [0.5, 0.6) is 0 Å². The van der Waals surface area contributed by atoms with Gasteiger partial charge in [0.2, 0.25) is 0 Å². The lowest BCUT2D eigenvalue weighted by Crippen LogP contribution is -2.45. The van der Waals surface area contributed by atoms with Crippen LogP contribution in [0.1, 0.15) is 12.8 Å². The summed E-state index contributed by atoms with van der Waals surface area (Å²) in [6.07, 6.45) is -0.805. The highest BCUT2D eigenvalue weighted by atomic mass is 32.2. The van der Waals surface area contributed by atoms with E-state index in [1.165, 1.54) is 0 Å². The van der Waals surface area contributed by atoms with Crippen LogP contribution in [-0.4, -0.2) is 36.8 Å². The molecule has 15 heavy (non-hydrogen) atoms. The van der Waals surface area contributed by atoms with E-state index in [2.05, 4.69) is 0 Å². The van der Waals surface area contributed by atoms with Gasteiger partial charge in [0.1, 0.15) is 0 Å². The zero-order valence-electron chi connectivity index (χ0n) is 8.23. The SMILES string of the molecule is CSCCCCNC(=O)C(F)(F)C(F)F. The van der Waals surface area contributed by atoms with Crippen LogP contribution in [-0.2, 0) is 4.79 Å². The molecule has 0 spiro atoms. The first-order chi connectivity index (χ1) is 6.92. The van der Waals surface area contributed by atoms with E-state index >= 15 is 0 Å². The van der Waals surface area contributed by atoms with Crippen LogP contribution in [0.2, 0.25) is 0 Å². The standard InChI is InChI=1S/C8H13F4NOS/c1-15-5-3-2-4-13-7(14)8(11,12)6(9)10/h6H,2-5H2,1H3,(H,13,14). The van der Waals surface area contributed by atoms with E-state index < -0.39 is 18.3 Å². The van der Waals surface area contributed by atoms with Crippen LogP contribution >= 0.6 is 11.8 Å². The van der Waals surface area contributed by atoms with Gasteiger partial charge in [0.05, 0.1) is 0 Å². The Labute approximate surface area is 89.8 Å². The smallest absolute Gasteiger partial charge is 0.351 e. The van der Waals surface area contributed by atoms with Gasteiger partial charge >= 0.3 is 12.3 Å². The van der Waals surface area contributed by atoms with E-state index in [9.17, 15) is 22.4 Å². The molecule has 2 nitrogen and oxygen atoms in total. The third kappa shape index (κ3) is 5.25. The highest BCUT2D eigenvalue weighted by Crippen LogP contribution is 2.22. The number of alkyl halides is 4. The summed E-state index contributed by atoms with van der Waals surface area (Å²) < 4.78 is 48.1. The molecule has 0 radical (unpaired) electrons. The molecule has 0 aliphatic carbocycles. The molecule has 0 saturated carbocycles. The van der Waals surface area contributed by atoms with Gasteiger partial charge in [-0.3, -0.25) is 4.79 Å². The summed E-state index contributed by atoms with van der Waals surface area (Å²) in [6, 6.07) is 0. The molecule has 1 amide bonds. The lowest BCUT2D eigenvalue weighted by molar-refractivity contribution is -0.169. The van der Waals surface area contributed by atoms with Crippen molar-refractivity contribution in [3.8, 4) is 0 Å². The fraction of sp³-hybridized carbons (Fsp3) is 0.875. The number of unbranched alkanes of at least 4 members (excludes halogenated alkanes) is 1. The summed E-state index contributed by atoms with van der Waals surface area (Å²) in [6.45, 7) is 0.00169. The number of rotatable bonds is 7. The topological polar surface area (TPSA) is 29.1 Å². The van der Waals surface area contributed by atoms with Crippen LogP contribution in [0, 0.1) is 0 Å². The van der Waals surface area contributed by atoms with Crippen LogP contribution in [0.4, 0.5) is 17.6 Å². The van der Waals surface area contributed by atoms with Crippen molar-refractivity contribution >= 4 is 17.7 Å². The molecule has 0 fully saturated rings. The van der Waals surface area contributed by atoms with Crippen molar-refractivity contribution in [1.82, 2.24) is 5.32 Å². The molecule has 0 unspecified atom stereocenters. The minimum absolute atomic E-state index is 0.00169. The second kappa shape index (κ2) is 6.92. The van der Waals surface area contributed by atoms with Gasteiger partial charge < -0.3 is 5.32 Å². The normalized spacial score (nSPS) is 11.9. The highest BCUT2D eigenvalue weighted by Gasteiger charge is 2.48. The molecule has 7 heteroatoms. The van der Waals surface area contributed by atoms with E-state index in [0.717, 1.165) is 12.2 Å². The molecule has 0 atom stereocenters. The summed E-state index contributed by atoms with van der Waals surface area (Å²) in [4.78, 5) is 10.6. The van der Waals surface area contributed by atoms with Gasteiger partial charge in [0.25, 0.3) is 5.91 Å². The van der Waals surface area contributed by atoms with Gasteiger partial charge in [-0.1, -0.05) is 0 Å². The zero-order chi connectivity index (χ0) is 11.9. The van der Waals surface area contributed by atoms with Crippen molar-refractivity contribution < 1.29 is 22.4 Å². The molecule has 90 valence electrons. The Balaban J connectivity index is 3.74. The van der Waals surface area contributed by atoms with Gasteiger partial charge in [-0.25, -0.2) is 8.78 Å². The Kier molecular flexibility index (Phi) is 6.71. The molecule has 0 aliphatic rings. The summed E-state index contributed by atoms with van der Waals surface area (Å²) in [7, 11) is 0. The van der Waals surface area contributed by atoms with E-state index in [4.69, 9.17) is 0 Å². The molecular weight excluding hydrogens is 234 g/mol. The number of thioether (sulfide) groups is 1. The largest absolute Gasteiger partial charge is 0.383 e. The van der Waals surface area contributed by atoms with Crippen molar-refractivity contribution in [3.05, 3.63) is 0 Å². The second-order valence-electron chi connectivity index (χ2n) is 2.88. The van der Waals surface area contributed by atoms with Crippen LogP contribution in [0.3, 0.4) is 0 Å². The first kappa shape index (κ1) is 14.5. The molecule has 0 bridgehead atoms. The number of hydrogen-bond acceptors (Lipinski definition) is 2. The van der Waals surface area contributed by atoms with Crippen molar-refractivity contribution in [2.75, 3.05) is 18.6 Å². The number of nitrogens with one attached hydrogen (secondary N) is 1. The average molecular weight is 247 g/mol. The summed E-state index contributed by atoms with van der Waals surface area (Å²) >= 11 is 1.59. The van der Waals surface area contributed by atoms with E-state index in [1.54, 1.807) is 17.1 Å². The third-order valence-electron chi connectivity index (χ3n) is 1.64. The predicted octanol–water partition coefficient (Wildman–Crippen LogP) is 2.15. The third-order valence-corrected chi connectivity index (χ3v) is 2.33. The molecule has 0 rings (SSSR count). The monoisotopic (exact) mass is 247 g/mol. The molecular formula is C8H13F4NOS. The fourth-order valence-corrected chi connectivity index (χ4v) is 1.28. The summed E-state index contributed by atoms with van der Waals surface area (Å²) in [5, 5.41) is 1.78. The molecule has 0 aliphatic heterocycles. The van der Waals surface area contributed by atoms with Crippen LogP contribution in [0.15, 0.2) is 0 Å².